The number of methoxy groups -OCH3 is 1. The van der Waals surface area contributed by atoms with Crippen LogP contribution in [0, 0.1) is 5.92 Å². The van der Waals surface area contributed by atoms with Crippen molar-refractivity contribution in [2.45, 2.75) is 37.7 Å². The molecular weight excluding hydrogens is 531 g/mol. The van der Waals surface area contributed by atoms with E-state index in [-0.39, 0.29) is 25.0 Å². The lowest BCUT2D eigenvalue weighted by Crippen LogP contribution is -2.36. The number of hydrogen-bond donors (Lipinski definition) is 3. The first kappa shape index (κ1) is 29.0. The molecule has 5 atom stereocenters. The van der Waals surface area contributed by atoms with Crippen molar-refractivity contribution in [3.05, 3.63) is 45.3 Å². The number of nitrogens with one attached hydrogen (secondary N) is 2. The normalized spacial score (nSPS) is 25.0. The largest absolute Gasteiger partial charge is 0.472 e. The zero-order valence-electron chi connectivity index (χ0n) is 20.2. The van der Waals surface area contributed by atoms with Gasteiger partial charge >= 0.3 is 13.5 Å². The number of phosphoric ester groups is 1. The minimum absolute atomic E-state index is 0.00458. The fraction of sp³-hybridized carbons (Fsp3) is 0.571. The van der Waals surface area contributed by atoms with Gasteiger partial charge in [-0.2, -0.15) is 0 Å². The van der Waals surface area contributed by atoms with Crippen LogP contribution >= 0.6 is 20.0 Å². The van der Waals surface area contributed by atoms with Gasteiger partial charge in [0.2, 0.25) is 0 Å². The number of aromatic amines is 1. The summed E-state index contributed by atoms with van der Waals surface area (Å²) in [5.74, 6) is -1.38. The zero-order chi connectivity index (χ0) is 27.2. The van der Waals surface area contributed by atoms with E-state index in [2.05, 4.69) is 14.8 Å². The van der Waals surface area contributed by atoms with Crippen molar-refractivity contribution in [2.24, 2.45) is 5.92 Å². The number of ether oxygens (including phenoxy) is 2. The second-order valence-corrected chi connectivity index (χ2v) is 10.3. The molecule has 14 nitrogen and oxygen atoms in total. The van der Waals surface area contributed by atoms with Crippen LogP contribution in [-0.2, 0) is 32.7 Å². The van der Waals surface area contributed by atoms with Crippen LogP contribution in [-0.4, -0.2) is 82.3 Å². The molecule has 2 aliphatic rings. The number of hydrogen-bond acceptors (Lipinski definition) is 10. The average molecular weight is 561 g/mol. The third-order valence-electron chi connectivity index (χ3n) is 5.91. The Morgan fingerprint density at radius 3 is 2.57 bits per heavy atom. The minimum Gasteiger partial charge on any atom is -0.382 e. The van der Waals surface area contributed by atoms with E-state index in [0.29, 0.717) is 30.8 Å². The van der Waals surface area contributed by atoms with Crippen LogP contribution in [0.1, 0.15) is 25.5 Å². The summed E-state index contributed by atoms with van der Waals surface area (Å²) in [4.78, 5) is 61.0. The van der Waals surface area contributed by atoms with E-state index < -0.39 is 43.4 Å². The van der Waals surface area contributed by atoms with E-state index in [1.165, 1.54) is 36.1 Å². The first-order valence-electron chi connectivity index (χ1n) is 11.4. The number of rotatable bonds is 13. The third kappa shape index (κ3) is 7.51. The van der Waals surface area contributed by atoms with Gasteiger partial charge in [-0.25, -0.2) is 9.36 Å². The third-order valence-corrected chi connectivity index (χ3v) is 7.23. The van der Waals surface area contributed by atoms with Gasteiger partial charge in [0.15, 0.2) is 0 Å². The predicted molar refractivity (Wildman–Crippen MR) is 133 cm³/mol. The molecule has 204 valence electrons. The molecule has 37 heavy (non-hydrogen) atoms. The van der Waals surface area contributed by atoms with Crippen molar-refractivity contribution in [2.75, 3.05) is 33.9 Å². The first-order chi connectivity index (χ1) is 17.6. The molecule has 1 aromatic rings. The summed E-state index contributed by atoms with van der Waals surface area (Å²) in [5.41, 5.74) is -1.29. The lowest BCUT2D eigenvalue weighted by Gasteiger charge is -2.26. The summed E-state index contributed by atoms with van der Waals surface area (Å²) in [7, 11) is -1.97. The van der Waals surface area contributed by atoms with Gasteiger partial charge < -0.3 is 19.7 Å². The average Bonchev–Trinajstić information content (AvgIpc) is 3.34. The van der Waals surface area contributed by atoms with Gasteiger partial charge in [-0.05, 0) is 12.8 Å². The predicted octanol–water partition coefficient (Wildman–Crippen LogP) is -0.159. The van der Waals surface area contributed by atoms with Gasteiger partial charge in [0.25, 0.3) is 17.4 Å². The molecule has 3 rings (SSSR count). The molecule has 1 aromatic heterocycles. The highest BCUT2D eigenvalue weighted by Crippen LogP contribution is 2.50. The molecule has 0 saturated carbocycles. The number of thiocarbonyl (C=S) groups is 1. The Kier molecular flexibility index (Phi) is 10.1. The van der Waals surface area contributed by atoms with Crippen molar-refractivity contribution in [1.82, 2.24) is 19.8 Å². The van der Waals surface area contributed by atoms with Gasteiger partial charge in [0.05, 0.1) is 11.6 Å². The zero-order valence-corrected chi connectivity index (χ0v) is 21.9. The number of carbonyl (C=O) groups is 2. The van der Waals surface area contributed by atoms with Gasteiger partial charge in [0, 0.05) is 64.1 Å². The number of H-pyrrole nitrogens is 1. The van der Waals surface area contributed by atoms with E-state index in [9.17, 15) is 28.6 Å². The van der Waals surface area contributed by atoms with Crippen LogP contribution in [0.2, 0.25) is 0 Å². The van der Waals surface area contributed by atoms with E-state index >= 15 is 0 Å². The Hall–Kier alpha value is -2.52. The molecule has 1 saturated heterocycles. The monoisotopic (exact) mass is 560 g/mol. The highest BCUT2D eigenvalue weighted by Gasteiger charge is 2.49. The summed E-state index contributed by atoms with van der Waals surface area (Å²) < 4.78 is 34.6. The molecular formula is C21H29N4O10PS. The van der Waals surface area contributed by atoms with E-state index in [0.717, 1.165) is 12.0 Å². The summed E-state index contributed by atoms with van der Waals surface area (Å²) in [6.45, 7) is 0.553. The van der Waals surface area contributed by atoms with E-state index in [4.69, 9.17) is 26.2 Å². The van der Waals surface area contributed by atoms with E-state index in [1.807, 2.05) is 0 Å². The molecule has 16 heteroatoms. The number of imide groups is 1. The number of carbonyl (C=O) groups excluding carboxylic acids is 2. The molecule has 0 radical (unpaired) electrons. The minimum atomic E-state index is -4.43. The Morgan fingerprint density at radius 2 is 1.95 bits per heavy atom. The van der Waals surface area contributed by atoms with Crippen molar-refractivity contribution in [3.63, 3.8) is 0 Å². The fourth-order valence-corrected chi connectivity index (χ4v) is 5.04. The highest BCUT2D eigenvalue weighted by atomic mass is 32.1. The molecule has 3 N–H and O–H groups in total. The van der Waals surface area contributed by atoms with Gasteiger partial charge in [-0.1, -0.05) is 12.2 Å². The number of aromatic nitrogens is 2. The molecule has 0 bridgehead atoms. The van der Waals surface area contributed by atoms with Crippen molar-refractivity contribution >= 4 is 36.8 Å². The maximum Gasteiger partial charge on any atom is 0.472 e. The molecule has 2 unspecified atom stereocenters. The van der Waals surface area contributed by atoms with Crippen LogP contribution in [0.3, 0.4) is 0 Å². The number of phosphoric acid groups is 1. The summed E-state index contributed by atoms with van der Waals surface area (Å²) in [6.07, 6.45) is 2.09. The Morgan fingerprint density at radius 1 is 1.24 bits per heavy atom. The summed E-state index contributed by atoms with van der Waals surface area (Å²) in [6, 6.07) is 1.17. The summed E-state index contributed by atoms with van der Waals surface area (Å²) >= 11 is 5.29. The van der Waals surface area contributed by atoms with Crippen LogP contribution < -0.4 is 16.6 Å². The molecule has 0 aromatic carbocycles. The lowest BCUT2D eigenvalue weighted by atomic mass is 9.94. The molecule has 1 fully saturated rings. The van der Waals surface area contributed by atoms with Crippen molar-refractivity contribution < 1.29 is 37.6 Å². The smallest absolute Gasteiger partial charge is 0.382 e. The Labute approximate surface area is 217 Å². The quantitative estimate of drug-likeness (QED) is 0.126. The molecule has 0 aliphatic carbocycles. The number of amides is 2. The van der Waals surface area contributed by atoms with Crippen LogP contribution in [0.5, 0.6) is 0 Å². The Bertz CT molecular complexity index is 1180. The van der Waals surface area contributed by atoms with Crippen molar-refractivity contribution in [3.8, 4) is 0 Å². The maximum atomic E-state index is 12.5. The number of nitrogens with zero attached hydrogens (tertiary/aromatic N) is 2. The first-order valence-corrected chi connectivity index (χ1v) is 13.3. The van der Waals surface area contributed by atoms with Crippen LogP contribution in [0.25, 0.3) is 0 Å². The molecule has 0 spiro atoms. The van der Waals surface area contributed by atoms with Crippen LogP contribution in [0.15, 0.2) is 34.0 Å². The second-order valence-electron chi connectivity index (χ2n) is 8.33. The van der Waals surface area contributed by atoms with E-state index in [1.54, 1.807) is 0 Å². The van der Waals surface area contributed by atoms with Gasteiger partial charge in [0.1, 0.15) is 18.4 Å². The van der Waals surface area contributed by atoms with Crippen LogP contribution in [0.4, 0.5) is 0 Å². The Balaban J connectivity index is 1.67. The standard InChI is InChI=1S/C21H29N4O10PS/c1-32-12-14-19(35-36(30,31)33-2)13(20(34-14)25-10-7-15(26)23-21(25)29)4-3-9-22-16(37)8-11-24-17(27)5-6-18(24)28/h5-7,10,13-14,19-20H,3-4,8-9,11-12H2,1-2H3,(H,22,37)(H,30,31)(H,23,26,29)/t13-,14+,19?,20+/m0/s1. The molecule has 3 heterocycles. The SMILES string of the molecule is COC[C@H]1O[C@@H](n2ccc(=O)[nH]c2=O)[C@@H](CCCNC(=S)CCN2C(=O)C=CC2=O)C1OP(=O)(O)OC. The highest BCUT2D eigenvalue weighted by molar-refractivity contribution is 7.80. The summed E-state index contributed by atoms with van der Waals surface area (Å²) in [5, 5.41) is 3.05. The fourth-order valence-electron chi connectivity index (χ4n) is 4.16. The van der Waals surface area contributed by atoms with Crippen molar-refractivity contribution in [1.29, 1.82) is 0 Å². The lowest BCUT2D eigenvalue weighted by molar-refractivity contribution is -0.136. The molecule has 2 amide bonds. The molecule has 2 aliphatic heterocycles. The van der Waals surface area contributed by atoms with Gasteiger partial charge in [-0.3, -0.25) is 37.9 Å². The topological polar surface area (TPSA) is 178 Å². The van der Waals surface area contributed by atoms with Gasteiger partial charge in [-0.15, -0.1) is 0 Å². The maximum absolute atomic E-state index is 12.5. The second kappa shape index (κ2) is 12.8.